The first-order valence-electron chi connectivity index (χ1n) is 8.53. The van der Waals surface area contributed by atoms with Crippen LogP contribution in [0.25, 0.3) is 15.5 Å². The van der Waals surface area contributed by atoms with Crippen molar-refractivity contribution in [3.8, 4) is 10.6 Å². The second-order valence-corrected chi connectivity index (χ2v) is 8.30. The average Bonchev–Trinajstić information content (AvgIpc) is 3.40. The third-order valence-corrected chi connectivity index (χ3v) is 6.09. The highest BCUT2D eigenvalue weighted by Gasteiger charge is 2.13. The lowest BCUT2D eigenvalue weighted by molar-refractivity contribution is 0.0981. The summed E-state index contributed by atoms with van der Waals surface area (Å²) < 4.78 is 1.79. The van der Waals surface area contributed by atoms with Crippen molar-refractivity contribution >= 4 is 56.6 Å². The fourth-order valence-electron chi connectivity index (χ4n) is 2.66. The number of hydrogen-bond acceptors (Lipinski definition) is 7. The summed E-state index contributed by atoms with van der Waals surface area (Å²) in [5.41, 5.74) is 2.82. The molecule has 4 rings (SSSR count). The number of thiophene rings is 1. The Hall–Kier alpha value is -2.69. The number of nitrogens with zero attached hydrogens (tertiary/aromatic N) is 4. The number of rotatable bonds is 4. The van der Waals surface area contributed by atoms with E-state index in [2.05, 4.69) is 25.9 Å². The zero-order valence-corrected chi connectivity index (χ0v) is 17.5. The second-order valence-electron chi connectivity index (χ2n) is 5.99. The van der Waals surface area contributed by atoms with Crippen LogP contribution < -0.4 is 10.6 Å². The highest BCUT2D eigenvalue weighted by Crippen LogP contribution is 2.28. The van der Waals surface area contributed by atoms with Crippen molar-refractivity contribution in [3.63, 3.8) is 0 Å². The van der Waals surface area contributed by atoms with Gasteiger partial charge in [0.15, 0.2) is 10.9 Å². The molecule has 0 aliphatic heterocycles. The van der Waals surface area contributed by atoms with Gasteiger partial charge in [0.2, 0.25) is 4.96 Å². The van der Waals surface area contributed by atoms with E-state index in [1.165, 1.54) is 22.7 Å². The standard InChI is InChI=1S/C18H16N6OS3/c1-3-14-21-22-18-24(14)23-16(28-18)11-6-7-12(10(2)9-11)19-17(26)20-15(25)13-5-4-8-27-13/h4-9H,3H2,1-2H3,(H2,19,20,25,26). The summed E-state index contributed by atoms with van der Waals surface area (Å²) in [5, 5.41) is 21.7. The van der Waals surface area contributed by atoms with Crippen molar-refractivity contribution in [1.82, 2.24) is 25.1 Å². The predicted molar refractivity (Wildman–Crippen MR) is 116 cm³/mol. The minimum Gasteiger partial charge on any atom is -0.332 e. The molecule has 1 amide bonds. The third kappa shape index (κ3) is 3.66. The molecule has 0 spiro atoms. The van der Waals surface area contributed by atoms with Crippen LogP contribution in [0.1, 0.15) is 28.0 Å². The lowest BCUT2D eigenvalue weighted by Gasteiger charge is -2.12. The first-order chi connectivity index (χ1) is 13.5. The highest BCUT2D eigenvalue weighted by molar-refractivity contribution is 7.80. The number of hydrogen-bond donors (Lipinski definition) is 2. The molecule has 0 unspecified atom stereocenters. The number of carbonyl (C=O) groups excluding carboxylic acids is 1. The van der Waals surface area contributed by atoms with Crippen LogP contribution in [0.5, 0.6) is 0 Å². The minimum atomic E-state index is -0.215. The summed E-state index contributed by atoms with van der Waals surface area (Å²) in [7, 11) is 0. The van der Waals surface area contributed by atoms with Crippen molar-refractivity contribution in [2.45, 2.75) is 20.3 Å². The molecular weight excluding hydrogens is 412 g/mol. The third-order valence-electron chi connectivity index (χ3n) is 4.07. The number of anilines is 1. The number of amides is 1. The van der Waals surface area contributed by atoms with Gasteiger partial charge in [-0.05, 0) is 54.4 Å². The number of benzene rings is 1. The first kappa shape index (κ1) is 18.7. The van der Waals surface area contributed by atoms with Gasteiger partial charge < -0.3 is 5.32 Å². The molecule has 142 valence electrons. The van der Waals surface area contributed by atoms with Gasteiger partial charge in [-0.15, -0.1) is 21.5 Å². The van der Waals surface area contributed by atoms with Crippen LogP contribution >= 0.6 is 34.9 Å². The molecule has 0 aliphatic rings. The summed E-state index contributed by atoms with van der Waals surface area (Å²) in [5.74, 6) is 0.632. The van der Waals surface area contributed by atoms with Gasteiger partial charge in [0, 0.05) is 17.7 Å². The lowest BCUT2D eigenvalue weighted by Crippen LogP contribution is -2.33. The molecule has 0 atom stereocenters. The SMILES string of the molecule is CCc1nnc2sc(-c3ccc(NC(=S)NC(=O)c4cccs4)c(C)c3)nn12. The molecule has 3 heterocycles. The zero-order valence-electron chi connectivity index (χ0n) is 15.1. The summed E-state index contributed by atoms with van der Waals surface area (Å²) in [6.07, 6.45) is 0.779. The van der Waals surface area contributed by atoms with Gasteiger partial charge in [-0.25, -0.2) is 0 Å². The van der Waals surface area contributed by atoms with Gasteiger partial charge in [-0.2, -0.15) is 9.61 Å². The van der Waals surface area contributed by atoms with Gasteiger partial charge in [0.05, 0.1) is 4.88 Å². The molecule has 0 bridgehead atoms. The van der Waals surface area contributed by atoms with E-state index in [-0.39, 0.29) is 11.0 Å². The van der Waals surface area contributed by atoms with Gasteiger partial charge in [-0.1, -0.05) is 24.3 Å². The molecule has 0 radical (unpaired) electrons. The Labute approximate surface area is 174 Å². The molecule has 2 N–H and O–H groups in total. The molecule has 4 aromatic rings. The maximum absolute atomic E-state index is 12.1. The molecule has 1 aromatic carbocycles. The maximum atomic E-state index is 12.1. The topological polar surface area (TPSA) is 84.2 Å². The molecular formula is C18H16N6OS3. The van der Waals surface area contributed by atoms with E-state index in [4.69, 9.17) is 12.2 Å². The van der Waals surface area contributed by atoms with Crippen LogP contribution in [-0.4, -0.2) is 30.8 Å². The van der Waals surface area contributed by atoms with E-state index in [0.717, 1.165) is 39.0 Å². The van der Waals surface area contributed by atoms with Crippen molar-refractivity contribution in [3.05, 3.63) is 52.0 Å². The first-order valence-corrected chi connectivity index (χ1v) is 10.6. The average molecular weight is 429 g/mol. The van der Waals surface area contributed by atoms with E-state index >= 15 is 0 Å². The summed E-state index contributed by atoms with van der Waals surface area (Å²) >= 11 is 8.13. The number of aryl methyl sites for hydroxylation is 2. The van der Waals surface area contributed by atoms with Crippen LogP contribution in [0, 0.1) is 6.92 Å². The molecule has 10 heteroatoms. The van der Waals surface area contributed by atoms with Gasteiger partial charge in [0.25, 0.3) is 5.91 Å². The Balaban J connectivity index is 1.50. The quantitative estimate of drug-likeness (QED) is 0.480. The van der Waals surface area contributed by atoms with Crippen LogP contribution in [0.3, 0.4) is 0 Å². The van der Waals surface area contributed by atoms with E-state index in [9.17, 15) is 4.79 Å². The highest BCUT2D eigenvalue weighted by atomic mass is 32.1. The van der Waals surface area contributed by atoms with Crippen molar-refractivity contribution in [2.24, 2.45) is 0 Å². The number of aromatic nitrogens is 4. The summed E-state index contributed by atoms with van der Waals surface area (Å²) in [4.78, 5) is 13.5. The van der Waals surface area contributed by atoms with Crippen LogP contribution in [0.15, 0.2) is 35.7 Å². The monoisotopic (exact) mass is 428 g/mol. The van der Waals surface area contributed by atoms with Gasteiger partial charge >= 0.3 is 0 Å². The molecule has 28 heavy (non-hydrogen) atoms. The van der Waals surface area contributed by atoms with Gasteiger partial charge in [-0.3, -0.25) is 10.1 Å². The summed E-state index contributed by atoms with van der Waals surface area (Å²) in [6, 6.07) is 9.51. The smallest absolute Gasteiger partial charge is 0.267 e. The van der Waals surface area contributed by atoms with Crippen molar-refractivity contribution in [2.75, 3.05) is 5.32 Å². The maximum Gasteiger partial charge on any atom is 0.267 e. The van der Waals surface area contributed by atoms with E-state index in [1.54, 1.807) is 10.6 Å². The van der Waals surface area contributed by atoms with Gasteiger partial charge in [0.1, 0.15) is 5.01 Å². The molecule has 0 fully saturated rings. The molecule has 3 aromatic heterocycles. The molecule has 0 saturated heterocycles. The number of nitrogens with one attached hydrogen (secondary N) is 2. The van der Waals surface area contributed by atoms with Crippen LogP contribution in [0.2, 0.25) is 0 Å². The summed E-state index contributed by atoms with van der Waals surface area (Å²) in [6.45, 7) is 4.01. The molecule has 7 nitrogen and oxygen atoms in total. The Kier molecular flexibility index (Phi) is 5.16. The van der Waals surface area contributed by atoms with Crippen molar-refractivity contribution < 1.29 is 4.79 Å². The number of fused-ring (bicyclic) bond motifs is 1. The van der Waals surface area contributed by atoms with E-state index < -0.39 is 0 Å². The fourth-order valence-corrected chi connectivity index (χ4v) is 4.33. The second kappa shape index (κ2) is 7.74. The van der Waals surface area contributed by atoms with Crippen LogP contribution in [0.4, 0.5) is 5.69 Å². The molecule has 0 saturated carbocycles. The zero-order chi connectivity index (χ0) is 19.7. The minimum absolute atomic E-state index is 0.215. The predicted octanol–water partition coefficient (Wildman–Crippen LogP) is 3.91. The Morgan fingerprint density at radius 3 is 2.86 bits per heavy atom. The Bertz CT molecular complexity index is 1160. The molecule has 0 aliphatic carbocycles. The number of thiocarbonyl (C=S) groups is 1. The van der Waals surface area contributed by atoms with E-state index in [0.29, 0.717) is 4.88 Å². The Morgan fingerprint density at radius 2 is 2.14 bits per heavy atom. The lowest BCUT2D eigenvalue weighted by atomic mass is 10.1. The van der Waals surface area contributed by atoms with E-state index in [1.807, 2.05) is 43.5 Å². The largest absolute Gasteiger partial charge is 0.332 e. The van der Waals surface area contributed by atoms with Crippen LogP contribution in [-0.2, 0) is 6.42 Å². The Morgan fingerprint density at radius 1 is 1.29 bits per heavy atom. The van der Waals surface area contributed by atoms with Crippen molar-refractivity contribution in [1.29, 1.82) is 0 Å². The fraction of sp³-hybridized carbons (Fsp3) is 0.167. The number of carbonyl (C=O) groups is 1. The normalized spacial score (nSPS) is 10.9.